The zero-order valence-electron chi connectivity index (χ0n) is 10.6. The van der Waals surface area contributed by atoms with Crippen LogP contribution in [0.5, 0.6) is 0 Å². The molecule has 2 aromatic heterocycles. The van der Waals surface area contributed by atoms with Gasteiger partial charge in [0, 0.05) is 38.1 Å². The highest BCUT2D eigenvalue weighted by molar-refractivity contribution is 5.60. The first-order valence-electron chi connectivity index (χ1n) is 5.86. The molecule has 0 saturated heterocycles. The van der Waals surface area contributed by atoms with E-state index in [1.165, 1.54) is 0 Å². The number of rotatable bonds is 5. The van der Waals surface area contributed by atoms with Crippen LogP contribution in [-0.2, 0) is 0 Å². The van der Waals surface area contributed by atoms with Crippen LogP contribution in [0.25, 0.3) is 0 Å². The van der Waals surface area contributed by atoms with E-state index in [2.05, 4.69) is 20.3 Å². The lowest BCUT2D eigenvalue weighted by atomic mass is 10.3. The summed E-state index contributed by atoms with van der Waals surface area (Å²) >= 11 is 0. The molecule has 6 heteroatoms. The summed E-state index contributed by atoms with van der Waals surface area (Å²) in [6.07, 6.45) is 5.34. The summed E-state index contributed by atoms with van der Waals surface area (Å²) in [4.78, 5) is 13.4. The minimum absolute atomic E-state index is 0.185. The molecule has 1 atom stereocenters. The van der Waals surface area contributed by atoms with Crippen LogP contribution in [0.15, 0.2) is 30.9 Å². The number of aromatic nitrogens is 3. The van der Waals surface area contributed by atoms with Gasteiger partial charge >= 0.3 is 0 Å². The van der Waals surface area contributed by atoms with E-state index >= 15 is 0 Å². The van der Waals surface area contributed by atoms with Crippen LogP contribution in [0, 0.1) is 0 Å². The largest absolute Gasteiger partial charge is 0.366 e. The maximum Gasteiger partial charge on any atom is 0.138 e. The van der Waals surface area contributed by atoms with E-state index in [4.69, 9.17) is 5.73 Å². The van der Waals surface area contributed by atoms with Gasteiger partial charge in [-0.2, -0.15) is 0 Å². The van der Waals surface area contributed by atoms with E-state index in [9.17, 15) is 0 Å². The first kappa shape index (κ1) is 12.4. The summed E-state index contributed by atoms with van der Waals surface area (Å²) in [5.74, 6) is 1.61. The van der Waals surface area contributed by atoms with Crippen molar-refractivity contribution in [2.45, 2.75) is 13.0 Å². The minimum atomic E-state index is 0.185. The number of nitrogens with two attached hydrogens (primary N) is 1. The second-order valence-electron chi connectivity index (χ2n) is 4.17. The van der Waals surface area contributed by atoms with E-state index in [1.54, 1.807) is 6.33 Å². The van der Waals surface area contributed by atoms with E-state index in [0.29, 0.717) is 6.54 Å². The van der Waals surface area contributed by atoms with Gasteiger partial charge in [0.15, 0.2) is 0 Å². The van der Waals surface area contributed by atoms with Crippen molar-refractivity contribution < 1.29 is 0 Å². The molecule has 1 unspecified atom stereocenters. The molecule has 2 heterocycles. The van der Waals surface area contributed by atoms with Crippen molar-refractivity contribution in [2.24, 2.45) is 5.73 Å². The molecular weight excluding hydrogens is 228 g/mol. The number of nitrogens with one attached hydrogen (secondary N) is 2. The molecule has 2 rings (SSSR count). The normalized spacial score (nSPS) is 12.2. The zero-order valence-corrected chi connectivity index (χ0v) is 10.6. The fourth-order valence-corrected chi connectivity index (χ4v) is 1.58. The summed E-state index contributed by atoms with van der Waals surface area (Å²) in [7, 11) is 1.96. The average molecular weight is 246 g/mol. The molecule has 6 nitrogen and oxygen atoms in total. The van der Waals surface area contributed by atoms with Crippen molar-refractivity contribution in [1.29, 1.82) is 0 Å². The molecule has 0 radical (unpaired) electrons. The predicted molar refractivity (Wildman–Crippen MR) is 73.0 cm³/mol. The Bertz CT molecular complexity index is 481. The summed E-state index contributed by atoms with van der Waals surface area (Å²) in [6, 6.07) is 4.07. The Morgan fingerprint density at radius 1 is 1.50 bits per heavy atom. The van der Waals surface area contributed by atoms with E-state index in [-0.39, 0.29) is 6.04 Å². The van der Waals surface area contributed by atoms with Gasteiger partial charge in [0.1, 0.15) is 18.0 Å². The molecule has 0 aromatic carbocycles. The monoisotopic (exact) mass is 246 g/mol. The molecule has 0 bridgehead atoms. The molecular formula is C12H18N6. The highest BCUT2D eigenvalue weighted by atomic mass is 15.2. The third-order valence-electron chi connectivity index (χ3n) is 2.71. The Morgan fingerprint density at radius 3 is 3.00 bits per heavy atom. The molecule has 0 aliphatic carbocycles. The van der Waals surface area contributed by atoms with Crippen molar-refractivity contribution in [3.8, 4) is 0 Å². The van der Waals surface area contributed by atoms with Crippen molar-refractivity contribution >= 4 is 17.3 Å². The summed E-state index contributed by atoms with van der Waals surface area (Å²) in [6.45, 7) is 2.57. The van der Waals surface area contributed by atoms with Crippen molar-refractivity contribution in [2.75, 3.05) is 23.8 Å². The topological polar surface area (TPSA) is 82.9 Å². The smallest absolute Gasteiger partial charge is 0.138 e. The quantitative estimate of drug-likeness (QED) is 0.741. The second kappa shape index (κ2) is 5.50. The van der Waals surface area contributed by atoms with Crippen LogP contribution in [0.2, 0.25) is 0 Å². The van der Waals surface area contributed by atoms with E-state index in [0.717, 1.165) is 17.3 Å². The lowest BCUT2D eigenvalue weighted by Crippen LogP contribution is -2.25. The van der Waals surface area contributed by atoms with Crippen LogP contribution in [0.4, 0.5) is 17.3 Å². The van der Waals surface area contributed by atoms with Gasteiger partial charge < -0.3 is 20.9 Å². The summed E-state index contributed by atoms with van der Waals surface area (Å²) in [5.41, 5.74) is 6.62. The number of nitrogens with zero attached hydrogens (tertiary/aromatic N) is 3. The molecule has 0 spiro atoms. The van der Waals surface area contributed by atoms with Gasteiger partial charge in [-0.15, -0.1) is 0 Å². The number of hydrogen-bond donors (Lipinski definition) is 3. The van der Waals surface area contributed by atoms with E-state index < -0.39 is 0 Å². The van der Waals surface area contributed by atoms with Crippen LogP contribution < -0.4 is 16.0 Å². The number of hydrogen-bond acceptors (Lipinski definition) is 5. The average Bonchev–Trinajstić information content (AvgIpc) is 2.92. The number of anilines is 3. The van der Waals surface area contributed by atoms with Gasteiger partial charge in [0.2, 0.25) is 0 Å². The molecule has 4 N–H and O–H groups in total. The fraction of sp³-hybridized carbons (Fsp3) is 0.333. The van der Waals surface area contributed by atoms with Crippen molar-refractivity contribution in [3.63, 3.8) is 0 Å². The fourth-order valence-electron chi connectivity index (χ4n) is 1.58. The first-order chi connectivity index (χ1) is 8.70. The summed E-state index contributed by atoms with van der Waals surface area (Å²) in [5, 5.41) is 3.22. The van der Waals surface area contributed by atoms with Crippen LogP contribution in [-0.4, -0.2) is 34.6 Å². The first-order valence-corrected chi connectivity index (χ1v) is 5.86. The van der Waals surface area contributed by atoms with E-state index in [1.807, 2.05) is 43.4 Å². The van der Waals surface area contributed by atoms with Crippen LogP contribution in [0.3, 0.4) is 0 Å². The second-order valence-corrected chi connectivity index (χ2v) is 4.17. The highest BCUT2D eigenvalue weighted by Gasteiger charge is 2.08. The Morgan fingerprint density at radius 2 is 2.33 bits per heavy atom. The predicted octanol–water partition coefficient (Wildman–Crippen LogP) is 1.33. The molecule has 0 saturated carbocycles. The van der Waals surface area contributed by atoms with Gasteiger partial charge in [-0.1, -0.05) is 0 Å². The Kier molecular flexibility index (Phi) is 3.78. The van der Waals surface area contributed by atoms with Crippen molar-refractivity contribution in [3.05, 3.63) is 30.9 Å². The molecule has 0 aliphatic heterocycles. The zero-order chi connectivity index (χ0) is 13.0. The lowest BCUT2D eigenvalue weighted by molar-refractivity contribution is 0.797. The highest BCUT2D eigenvalue weighted by Crippen LogP contribution is 2.21. The van der Waals surface area contributed by atoms with Crippen LogP contribution in [0.1, 0.15) is 6.92 Å². The van der Waals surface area contributed by atoms with Gasteiger partial charge in [0.25, 0.3) is 0 Å². The minimum Gasteiger partial charge on any atom is -0.366 e. The van der Waals surface area contributed by atoms with Crippen LogP contribution >= 0.6 is 0 Å². The Hall–Kier alpha value is -2.08. The maximum atomic E-state index is 5.57. The van der Waals surface area contributed by atoms with Gasteiger partial charge in [-0.05, 0) is 13.0 Å². The molecule has 18 heavy (non-hydrogen) atoms. The molecule has 0 aliphatic rings. The molecule has 0 fully saturated rings. The SMILES string of the molecule is CC(CN)Nc1cc(N(C)c2cc[nH]c2)ncn1. The number of H-pyrrole nitrogens is 1. The van der Waals surface area contributed by atoms with Crippen molar-refractivity contribution in [1.82, 2.24) is 15.0 Å². The maximum absolute atomic E-state index is 5.57. The lowest BCUT2D eigenvalue weighted by Gasteiger charge is -2.18. The third kappa shape index (κ3) is 2.78. The molecule has 0 amide bonds. The molecule has 2 aromatic rings. The summed E-state index contributed by atoms with van der Waals surface area (Å²) < 4.78 is 0. The third-order valence-corrected chi connectivity index (χ3v) is 2.71. The standard InChI is InChI=1S/C12H18N6/c1-9(6-13)17-11-5-12(16-8-15-11)18(2)10-3-4-14-7-10/h3-5,7-9,14H,6,13H2,1-2H3,(H,15,16,17). The molecule has 96 valence electrons. The Balaban J connectivity index is 2.16. The Labute approximate surface area is 106 Å². The van der Waals surface area contributed by atoms with Gasteiger partial charge in [-0.3, -0.25) is 0 Å². The van der Waals surface area contributed by atoms with Gasteiger partial charge in [-0.25, -0.2) is 9.97 Å². The number of aromatic amines is 1. The van der Waals surface area contributed by atoms with Gasteiger partial charge in [0.05, 0.1) is 5.69 Å².